The molecule has 0 radical (unpaired) electrons. The van der Waals surface area contributed by atoms with Gasteiger partial charge in [0, 0.05) is 17.4 Å². The molecule has 0 amide bonds. The molecule has 26 heavy (non-hydrogen) atoms. The van der Waals surface area contributed by atoms with Gasteiger partial charge in [0.1, 0.15) is 11.4 Å². The Morgan fingerprint density at radius 2 is 1.88 bits per heavy atom. The van der Waals surface area contributed by atoms with Crippen molar-refractivity contribution in [3.63, 3.8) is 0 Å². The van der Waals surface area contributed by atoms with E-state index in [4.69, 9.17) is 12.2 Å². The summed E-state index contributed by atoms with van der Waals surface area (Å²) < 4.78 is 15.2. The summed E-state index contributed by atoms with van der Waals surface area (Å²) in [5, 5.41) is 10.7. The number of H-pyrrole nitrogens is 1. The molecule has 0 fully saturated rings. The molecule has 2 aromatic carbocycles. The van der Waals surface area contributed by atoms with E-state index in [2.05, 4.69) is 9.98 Å². The predicted molar refractivity (Wildman–Crippen MR) is 101 cm³/mol. The van der Waals surface area contributed by atoms with Crippen molar-refractivity contribution in [2.24, 2.45) is 4.99 Å². The predicted octanol–water partition coefficient (Wildman–Crippen LogP) is 4.00. The number of fused-ring (bicyclic) bond motifs is 1. The Kier molecular flexibility index (Phi) is 3.85. The molecule has 0 saturated heterocycles. The van der Waals surface area contributed by atoms with Gasteiger partial charge >= 0.3 is 0 Å². The van der Waals surface area contributed by atoms with Gasteiger partial charge in [0.15, 0.2) is 4.77 Å². The molecule has 0 aliphatic carbocycles. The second-order valence-corrected chi connectivity index (χ2v) is 6.05. The Bertz CT molecular complexity index is 1210. The Balaban J connectivity index is 1.95. The van der Waals surface area contributed by atoms with Crippen molar-refractivity contribution in [2.45, 2.75) is 0 Å². The number of benzene rings is 2. The van der Waals surface area contributed by atoms with E-state index in [0.29, 0.717) is 5.57 Å². The maximum absolute atomic E-state index is 14.2. The molecule has 2 heterocycles. The monoisotopic (exact) mass is 365 g/mol. The van der Waals surface area contributed by atoms with E-state index in [9.17, 15) is 14.3 Å². The van der Waals surface area contributed by atoms with Crippen molar-refractivity contribution in [3.8, 4) is 11.6 Å². The molecule has 4 rings (SSSR count). The van der Waals surface area contributed by atoms with Crippen LogP contribution in [0.5, 0.6) is 5.88 Å². The molecule has 3 aromatic rings. The van der Waals surface area contributed by atoms with Gasteiger partial charge in [-0.15, -0.1) is 0 Å². The first-order valence-electron chi connectivity index (χ1n) is 7.74. The number of nitrogens with one attached hydrogen (secondary N) is 1. The summed E-state index contributed by atoms with van der Waals surface area (Å²) in [4.78, 5) is 19.1. The summed E-state index contributed by atoms with van der Waals surface area (Å²) >= 11 is 5.11. The van der Waals surface area contributed by atoms with Crippen molar-refractivity contribution in [3.05, 3.63) is 80.6 Å². The first kappa shape index (κ1) is 16.2. The average molecular weight is 365 g/mol. The SMILES string of the molecule is O=c1[nH]c(=S)n(-c2ccccc2F)c(O)c1C=C1C=Nc2ccccc21. The molecule has 7 heteroatoms. The second-order valence-electron chi connectivity index (χ2n) is 5.66. The highest BCUT2D eigenvalue weighted by molar-refractivity contribution is 7.71. The molecular formula is C19H12FN3O2S. The van der Waals surface area contributed by atoms with Crippen LogP contribution < -0.4 is 5.56 Å². The quantitative estimate of drug-likeness (QED) is 0.675. The van der Waals surface area contributed by atoms with Crippen LogP contribution in [0.4, 0.5) is 10.1 Å². The molecule has 1 aromatic heterocycles. The van der Waals surface area contributed by atoms with Crippen LogP contribution in [0.1, 0.15) is 11.1 Å². The van der Waals surface area contributed by atoms with Crippen molar-refractivity contribution < 1.29 is 9.50 Å². The molecule has 0 saturated carbocycles. The summed E-state index contributed by atoms with van der Waals surface area (Å²) in [5.74, 6) is -1.01. The Morgan fingerprint density at radius 3 is 2.69 bits per heavy atom. The van der Waals surface area contributed by atoms with Gasteiger partial charge in [0.2, 0.25) is 5.88 Å². The van der Waals surface area contributed by atoms with Crippen LogP contribution in [0.3, 0.4) is 0 Å². The fraction of sp³-hybridized carbons (Fsp3) is 0. The number of para-hydroxylation sites is 2. The smallest absolute Gasteiger partial charge is 0.262 e. The summed E-state index contributed by atoms with van der Waals surface area (Å²) in [7, 11) is 0. The highest BCUT2D eigenvalue weighted by Gasteiger charge is 2.17. The number of hydrogen-bond donors (Lipinski definition) is 2. The molecular weight excluding hydrogens is 353 g/mol. The van der Waals surface area contributed by atoms with E-state index < -0.39 is 17.3 Å². The Hall–Kier alpha value is -3.32. The zero-order chi connectivity index (χ0) is 18.3. The van der Waals surface area contributed by atoms with Gasteiger partial charge in [-0.2, -0.15) is 0 Å². The number of allylic oxidation sites excluding steroid dienone is 1. The standard InChI is InChI=1S/C19H12FN3O2S/c20-14-6-2-4-8-16(14)23-18(25)13(17(24)22-19(23)26)9-11-10-21-15-7-3-1-5-12(11)15/h1-10,25H,(H,22,24,26). The molecule has 0 bridgehead atoms. The fourth-order valence-corrected chi connectivity index (χ4v) is 3.11. The third-order valence-electron chi connectivity index (χ3n) is 4.07. The van der Waals surface area contributed by atoms with Crippen molar-refractivity contribution in [1.29, 1.82) is 0 Å². The molecule has 0 atom stereocenters. The number of nitrogens with zero attached hydrogens (tertiary/aromatic N) is 2. The van der Waals surface area contributed by atoms with E-state index in [-0.39, 0.29) is 16.0 Å². The number of aromatic nitrogens is 2. The number of rotatable bonds is 2. The maximum Gasteiger partial charge on any atom is 0.262 e. The fourth-order valence-electron chi connectivity index (χ4n) is 2.83. The van der Waals surface area contributed by atoms with Gasteiger partial charge in [-0.05, 0) is 36.5 Å². The van der Waals surface area contributed by atoms with Gasteiger partial charge in [-0.25, -0.2) is 4.39 Å². The molecule has 1 aliphatic rings. The minimum atomic E-state index is -0.572. The van der Waals surface area contributed by atoms with Crippen molar-refractivity contribution >= 4 is 35.8 Å². The van der Waals surface area contributed by atoms with E-state index in [1.807, 2.05) is 24.3 Å². The topological polar surface area (TPSA) is 70.4 Å². The number of aromatic amines is 1. The van der Waals surface area contributed by atoms with Crippen LogP contribution >= 0.6 is 12.2 Å². The van der Waals surface area contributed by atoms with E-state index in [0.717, 1.165) is 15.8 Å². The number of hydrogen-bond acceptors (Lipinski definition) is 4. The number of halogens is 1. The van der Waals surface area contributed by atoms with Crippen molar-refractivity contribution in [1.82, 2.24) is 9.55 Å². The van der Waals surface area contributed by atoms with Gasteiger partial charge in [0.05, 0.1) is 11.4 Å². The molecule has 128 valence electrons. The van der Waals surface area contributed by atoms with Gasteiger partial charge in [0.25, 0.3) is 5.56 Å². The second kappa shape index (κ2) is 6.20. The lowest BCUT2D eigenvalue weighted by Gasteiger charge is -2.12. The lowest BCUT2D eigenvalue weighted by molar-refractivity contribution is 0.429. The maximum atomic E-state index is 14.2. The Labute approximate surface area is 152 Å². The zero-order valence-corrected chi connectivity index (χ0v) is 14.1. The van der Waals surface area contributed by atoms with E-state index in [1.54, 1.807) is 12.3 Å². The van der Waals surface area contributed by atoms with Crippen LogP contribution in [0.25, 0.3) is 17.3 Å². The minimum Gasteiger partial charge on any atom is -0.494 e. The number of aromatic hydroxyl groups is 1. The first-order chi connectivity index (χ1) is 12.6. The summed E-state index contributed by atoms with van der Waals surface area (Å²) in [5.41, 5.74) is 1.73. The van der Waals surface area contributed by atoms with Crippen LogP contribution in [0.2, 0.25) is 0 Å². The van der Waals surface area contributed by atoms with E-state index >= 15 is 0 Å². The lowest BCUT2D eigenvalue weighted by atomic mass is 10.1. The van der Waals surface area contributed by atoms with Crippen LogP contribution in [0.15, 0.2) is 58.3 Å². The number of aliphatic imine (C=N–C) groups is 1. The van der Waals surface area contributed by atoms with Crippen molar-refractivity contribution in [2.75, 3.05) is 0 Å². The third-order valence-corrected chi connectivity index (χ3v) is 4.36. The highest BCUT2D eigenvalue weighted by atomic mass is 32.1. The largest absolute Gasteiger partial charge is 0.494 e. The van der Waals surface area contributed by atoms with Gasteiger partial charge in [-0.1, -0.05) is 30.3 Å². The summed E-state index contributed by atoms with van der Waals surface area (Å²) in [6, 6.07) is 13.3. The highest BCUT2D eigenvalue weighted by Crippen LogP contribution is 2.33. The Morgan fingerprint density at radius 1 is 1.15 bits per heavy atom. The minimum absolute atomic E-state index is 0.0278. The first-order valence-corrected chi connectivity index (χ1v) is 8.15. The molecule has 2 N–H and O–H groups in total. The van der Waals surface area contributed by atoms with Gasteiger partial charge < -0.3 is 5.11 Å². The summed E-state index contributed by atoms with van der Waals surface area (Å²) in [6.45, 7) is 0. The molecule has 5 nitrogen and oxygen atoms in total. The summed E-state index contributed by atoms with van der Waals surface area (Å²) in [6.07, 6.45) is 3.12. The van der Waals surface area contributed by atoms with Crippen LogP contribution in [-0.4, -0.2) is 20.9 Å². The van der Waals surface area contributed by atoms with Crippen LogP contribution in [0, 0.1) is 10.6 Å². The zero-order valence-electron chi connectivity index (χ0n) is 13.3. The average Bonchev–Trinajstić information content (AvgIpc) is 3.03. The van der Waals surface area contributed by atoms with Crippen LogP contribution in [-0.2, 0) is 0 Å². The van der Waals surface area contributed by atoms with E-state index in [1.165, 1.54) is 24.3 Å². The molecule has 0 unspecified atom stereocenters. The normalized spacial score (nSPS) is 14.0. The van der Waals surface area contributed by atoms with Gasteiger partial charge in [-0.3, -0.25) is 19.3 Å². The third kappa shape index (κ3) is 2.58. The molecule has 0 spiro atoms. The lowest BCUT2D eigenvalue weighted by Crippen LogP contribution is -2.16. The molecule has 1 aliphatic heterocycles.